The minimum Gasteiger partial charge on any atom is -0.327 e. The summed E-state index contributed by atoms with van der Waals surface area (Å²) in [7, 11) is 0. The summed E-state index contributed by atoms with van der Waals surface area (Å²) in [4.78, 5) is 0. The molecule has 0 amide bonds. The van der Waals surface area contributed by atoms with E-state index in [1.807, 2.05) is 0 Å². The summed E-state index contributed by atoms with van der Waals surface area (Å²) in [6.07, 6.45) is 2.65. The van der Waals surface area contributed by atoms with Crippen LogP contribution < -0.4 is 5.73 Å². The van der Waals surface area contributed by atoms with Gasteiger partial charge in [0.15, 0.2) is 0 Å². The molecule has 0 bridgehead atoms. The highest BCUT2D eigenvalue weighted by Gasteiger charge is 2.17. The molecule has 0 aromatic heterocycles. The summed E-state index contributed by atoms with van der Waals surface area (Å²) in [5.41, 5.74) is 7.94. The fraction of sp³-hybridized carbons (Fsp3) is 0.400. The largest absolute Gasteiger partial charge is 0.327 e. The van der Waals surface area contributed by atoms with Crippen LogP contribution in [0.1, 0.15) is 17.5 Å². The lowest BCUT2D eigenvalue weighted by molar-refractivity contribution is 0.566. The first-order valence-corrected chi connectivity index (χ1v) is 4.77. The van der Waals surface area contributed by atoms with Gasteiger partial charge in [-0.2, -0.15) is 0 Å². The summed E-state index contributed by atoms with van der Waals surface area (Å²) in [5, 5.41) is 0.217. The molecule has 1 nitrogen and oxygen atoms in total. The molecule has 70 valence electrons. The highest BCUT2D eigenvalue weighted by Crippen LogP contribution is 2.26. The molecule has 0 fully saturated rings. The van der Waals surface area contributed by atoms with Crippen molar-refractivity contribution in [2.24, 2.45) is 5.73 Å². The molecule has 1 aromatic carbocycles. The van der Waals surface area contributed by atoms with E-state index >= 15 is 0 Å². The second-order valence-corrected chi connectivity index (χ2v) is 3.95. The van der Waals surface area contributed by atoms with Crippen LogP contribution in [0.15, 0.2) is 12.1 Å². The first-order chi connectivity index (χ1) is 6.16. The Balaban J connectivity index is 2.43. The van der Waals surface area contributed by atoms with Crippen molar-refractivity contribution < 1.29 is 4.39 Å². The zero-order chi connectivity index (χ0) is 9.42. The maximum absolute atomic E-state index is 13.1. The number of fused-ring (bicyclic) bond motifs is 1. The minimum absolute atomic E-state index is 0.174. The van der Waals surface area contributed by atoms with E-state index in [0.29, 0.717) is 0 Å². The van der Waals surface area contributed by atoms with Gasteiger partial charge in [-0.3, -0.25) is 0 Å². The van der Waals surface area contributed by atoms with Crippen LogP contribution in [0, 0.1) is 5.82 Å². The van der Waals surface area contributed by atoms with E-state index in [-0.39, 0.29) is 16.9 Å². The van der Waals surface area contributed by atoms with Gasteiger partial charge in [-0.25, -0.2) is 4.39 Å². The second-order valence-electron chi connectivity index (χ2n) is 3.54. The Morgan fingerprint density at radius 2 is 2.15 bits per heavy atom. The molecule has 0 spiro atoms. The Labute approximate surface area is 81.7 Å². The van der Waals surface area contributed by atoms with Gasteiger partial charge >= 0.3 is 0 Å². The van der Waals surface area contributed by atoms with E-state index in [2.05, 4.69) is 0 Å². The van der Waals surface area contributed by atoms with Crippen LogP contribution in [0.2, 0.25) is 5.02 Å². The summed E-state index contributed by atoms with van der Waals surface area (Å²) in [6, 6.07) is 3.41. The van der Waals surface area contributed by atoms with Gasteiger partial charge in [0.25, 0.3) is 0 Å². The van der Waals surface area contributed by atoms with E-state index in [9.17, 15) is 4.39 Å². The lowest BCUT2D eigenvalue weighted by atomic mass is 9.89. The van der Waals surface area contributed by atoms with Crippen molar-refractivity contribution in [3.05, 3.63) is 34.1 Å². The van der Waals surface area contributed by atoms with Gasteiger partial charge in [-0.05, 0) is 42.5 Å². The van der Waals surface area contributed by atoms with Crippen LogP contribution >= 0.6 is 11.6 Å². The van der Waals surface area contributed by atoms with Gasteiger partial charge in [0.05, 0.1) is 5.02 Å². The van der Waals surface area contributed by atoms with Crippen molar-refractivity contribution in [2.45, 2.75) is 25.3 Å². The topological polar surface area (TPSA) is 26.0 Å². The minimum atomic E-state index is -0.338. The normalized spacial score (nSPS) is 21.3. The van der Waals surface area contributed by atoms with Gasteiger partial charge in [-0.15, -0.1) is 0 Å². The van der Waals surface area contributed by atoms with Crippen molar-refractivity contribution in [3.63, 3.8) is 0 Å². The third-order valence-electron chi connectivity index (χ3n) is 2.51. The second kappa shape index (κ2) is 3.28. The molecule has 0 saturated heterocycles. The zero-order valence-corrected chi connectivity index (χ0v) is 7.94. The average molecular weight is 200 g/mol. The molecule has 2 rings (SSSR count). The molecule has 0 heterocycles. The third kappa shape index (κ3) is 1.69. The van der Waals surface area contributed by atoms with E-state index in [1.165, 1.54) is 6.07 Å². The Kier molecular flexibility index (Phi) is 2.26. The summed E-state index contributed by atoms with van der Waals surface area (Å²) in [5.74, 6) is -0.338. The number of halogens is 2. The predicted molar refractivity (Wildman–Crippen MR) is 51.4 cm³/mol. The number of hydrogen-bond donors (Lipinski definition) is 1. The highest BCUT2D eigenvalue weighted by atomic mass is 35.5. The lowest BCUT2D eigenvalue weighted by Gasteiger charge is -2.21. The molecule has 2 N–H and O–H groups in total. The molecule has 0 saturated carbocycles. The lowest BCUT2D eigenvalue weighted by Crippen LogP contribution is -2.27. The Bertz CT molecular complexity index is 338. The standard InChI is InChI=1S/C10H11ClFN/c11-9-4-6-1-2-8(13)3-7(6)5-10(9)12/h4-5,8H,1-3,13H2/t8-/m0/s1. The molecule has 3 heteroatoms. The number of aryl methyl sites for hydroxylation is 1. The van der Waals surface area contributed by atoms with Crippen LogP contribution in [0.3, 0.4) is 0 Å². The van der Waals surface area contributed by atoms with Gasteiger partial charge in [0.2, 0.25) is 0 Å². The quantitative estimate of drug-likeness (QED) is 0.682. The maximum atomic E-state index is 13.1. The molecule has 1 aliphatic rings. The van der Waals surface area contributed by atoms with E-state index in [0.717, 1.165) is 30.4 Å². The number of benzene rings is 1. The van der Waals surface area contributed by atoms with E-state index in [4.69, 9.17) is 17.3 Å². The van der Waals surface area contributed by atoms with Crippen LogP contribution in [-0.2, 0) is 12.8 Å². The number of rotatable bonds is 0. The molecule has 0 radical (unpaired) electrons. The van der Waals surface area contributed by atoms with Crippen molar-refractivity contribution in [3.8, 4) is 0 Å². The molecule has 13 heavy (non-hydrogen) atoms. The molecule has 0 aliphatic heterocycles. The SMILES string of the molecule is N[C@H]1CCc2cc(Cl)c(F)cc2C1. The highest BCUT2D eigenvalue weighted by molar-refractivity contribution is 6.30. The van der Waals surface area contributed by atoms with Crippen LogP contribution in [-0.4, -0.2) is 6.04 Å². The Hall–Kier alpha value is -0.600. The molecule has 1 aromatic rings. The first kappa shape index (κ1) is 8.97. The van der Waals surface area contributed by atoms with Crippen molar-refractivity contribution in [1.82, 2.24) is 0 Å². The summed E-state index contributed by atoms with van der Waals surface area (Å²) >= 11 is 5.68. The van der Waals surface area contributed by atoms with Crippen LogP contribution in [0.25, 0.3) is 0 Å². The fourth-order valence-electron chi connectivity index (χ4n) is 1.78. The monoisotopic (exact) mass is 199 g/mol. The average Bonchev–Trinajstić information content (AvgIpc) is 2.08. The van der Waals surface area contributed by atoms with Crippen molar-refractivity contribution in [2.75, 3.05) is 0 Å². The summed E-state index contributed by atoms with van der Waals surface area (Å²) < 4.78 is 13.1. The van der Waals surface area contributed by atoms with Gasteiger partial charge in [0, 0.05) is 6.04 Å². The molecule has 0 unspecified atom stereocenters. The molecular formula is C10H11ClFN. The zero-order valence-electron chi connectivity index (χ0n) is 7.19. The summed E-state index contributed by atoms with van der Waals surface area (Å²) in [6.45, 7) is 0. The van der Waals surface area contributed by atoms with Crippen LogP contribution in [0.5, 0.6) is 0 Å². The first-order valence-electron chi connectivity index (χ1n) is 4.39. The fourth-order valence-corrected chi connectivity index (χ4v) is 1.96. The smallest absolute Gasteiger partial charge is 0.142 e. The van der Waals surface area contributed by atoms with Crippen LogP contribution in [0.4, 0.5) is 4.39 Å². The van der Waals surface area contributed by atoms with E-state index in [1.54, 1.807) is 6.07 Å². The maximum Gasteiger partial charge on any atom is 0.142 e. The predicted octanol–water partition coefficient (Wildman–Crippen LogP) is 2.30. The molecule has 1 atom stereocenters. The van der Waals surface area contributed by atoms with Crippen molar-refractivity contribution in [1.29, 1.82) is 0 Å². The molecular weight excluding hydrogens is 189 g/mol. The van der Waals surface area contributed by atoms with Crippen molar-refractivity contribution >= 4 is 11.6 Å². The molecule has 1 aliphatic carbocycles. The van der Waals surface area contributed by atoms with E-state index < -0.39 is 0 Å². The van der Waals surface area contributed by atoms with Gasteiger partial charge < -0.3 is 5.73 Å². The number of hydrogen-bond acceptors (Lipinski definition) is 1. The number of nitrogens with two attached hydrogens (primary N) is 1. The van der Waals surface area contributed by atoms with Gasteiger partial charge in [0.1, 0.15) is 5.82 Å². The third-order valence-corrected chi connectivity index (χ3v) is 2.80. The Morgan fingerprint density at radius 1 is 1.38 bits per heavy atom. The van der Waals surface area contributed by atoms with Gasteiger partial charge in [-0.1, -0.05) is 11.6 Å². The Morgan fingerprint density at radius 3 is 2.92 bits per heavy atom.